The highest BCUT2D eigenvalue weighted by Crippen LogP contribution is 2.52. The molecule has 2 heteroatoms. The molecule has 2 aliphatic rings. The molecule has 0 radical (unpaired) electrons. The van der Waals surface area contributed by atoms with Gasteiger partial charge in [-0.1, -0.05) is 0 Å². The van der Waals surface area contributed by atoms with E-state index in [0.29, 0.717) is 0 Å². The Bertz CT molecular complexity index is 136. The van der Waals surface area contributed by atoms with E-state index in [1.165, 1.54) is 25.0 Å². The van der Waals surface area contributed by atoms with E-state index in [2.05, 4.69) is 18.0 Å². The fourth-order valence-corrected chi connectivity index (χ4v) is 3.94. The van der Waals surface area contributed by atoms with Crippen LogP contribution in [0.1, 0.15) is 25.7 Å². The largest absolute Gasteiger partial charge is 0.153 e. The van der Waals surface area contributed by atoms with E-state index in [4.69, 9.17) is 0 Å². The summed E-state index contributed by atoms with van der Waals surface area (Å²) in [5.74, 6) is 2.53. The van der Waals surface area contributed by atoms with Crippen molar-refractivity contribution in [1.82, 2.24) is 0 Å². The molecule has 2 fully saturated rings. The molecular formula is C9H17S2+. The van der Waals surface area contributed by atoms with Gasteiger partial charge in [-0.2, -0.15) is 11.8 Å². The lowest BCUT2D eigenvalue weighted by atomic mass is 9.88. The van der Waals surface area contributed by atoms with Gasteiger partial charge in [0, 0.05) is 10.5 Å². The maximum Gasteiger partial charge on any atom is 0.105 e. The molecule has 0 spiro atoms. The molecule has 1 saturated carbocycles. The van der Waals surface area contributed by atoms with Gasteiger partial charge in [-0.15, -0.1) is 0 Å². The molecule has 64 valence electrons. The van der Waals surface area contributed by atoms with Crippen LogP contribution >= 0.6 is 11.8 Å². The molecule has 0 aromatic heterocycles. The molecule has 0 bridgehead atoms. The van der Waals surface area contributed by atoms with Crippen LogP contribution in [0.5, 0.6) is 0 Å². The van der Waals surface area contributed by atoms with Crippen molar-refractivity contribution in [2.75, 3.05) is 12.0 Å². The lowest BCUT2D eigenvalue weighted by Crippen LogP contribution is -2.14. The van der Waals surface area contributed by atoms with Gasteiger partial charge in [0.2, 0.25) is 0 Å². The number of thiol groups is 1. The summed E-state index contributed by atoms with van der Waals surface area (Å²) >= 11 is 3.83. The highest BCUT2D eigenvalue weighted by molar-refractivity contribution is 8.07. The van der Waals surface area contributed by atoms with Crippen LogP contribution in [-0.2, 0) is 11.8 Å². The van der Waals surface area contributed by atoms with E-state index in [-0.39, 0.29) is 0 Å². The average Bonchev–Trinajstić information content (AvgIpc) is 2.78. The van der Waals surface area contributed by atoms with E-state index >= 15 is 0 Å². The van der Waals surface area contributed by atoms with Crippen LogP contribution in [-0.4, -0.2) is 22.5 Å². The van der Waals surface area contributed by atoms with Gasteiger partial charge in [0.05, 0.1) is 6.26 Å². The zero-order valence-electron chi connectivity index (χ0n) is 7.12. The minimum absolute atomic E-state index is 1.10. The second kappa shape index (κ2) is 3.61. The summed E-state index contributed by atoms with van der Waals surface area (Å²) in [6.45, 7) is 0. The molecule has 0 aromatic rings. The Morgan fingerprint density at radius 2 is 2.27 bits per heavy atom. The normalized spacial score (nSPS) is 41.7. The lowest BCUT2D eigenvalue weighted by Gasteiger charge is -2.17. The predicted octanol–water partition coefficient (Wildman–Crippen LogP) is 2.11. The minimum atomic E-state index is 1.10. The molecule has 1 saturated heterocycles. The van der Waals surface area contributed by atoms with Gasteiger partial charge in [-0.05, 0) is 43.4 Å². The highest BCUT2D eigenvalue weighted by Gasteiger charge is 2.42. The number of hydrogen-bond acceptors (Lipinski definition) is 1. The molecule has 0 aromatic carbocycles. The summed E-state index contributed by atoms with van der Waals surface area (Å²) in [5, 5.41) is 2.20. The maximum atomic E-state index is 2.28. The fourth-order valence-electron chi connectivity index (χ4n) is 2.06. The van der Waals surface area contributed by atoms with E-state index in [9.17, 15) is 0 Å². The Balaban J connectivity index is 1.68. The molecule has 0 nitrogen and oxygen atoms in total. The maximum absolute atomic E-state index is 2.28. The van der Waals surface area contributed by atoms with Crippen LogP contribution in [0.15, 0.2) is 0 Å². The van der Waals surface area contributed by atoms with Crippen LogP contribution in [0.2, 0.25) is 0 Å². The first-order chi connectivity index (χ1) is 5.40. The molecule has 1 aliphatic carbocycles. The van der Waals surface area contributed by atoms with Crippen LogP contribution in [0.4, 0.5) is 0 Å². The summed E-state index contributed by atoms with van der Waals surface area (Å²) in [6.07, 6.45) is 8.38. The third kappa shape index (κ3) is 2.09. The van der Waals surface area contributed by atoms with E-state index in [0.717, 1.165) is 16.4 Å². The summed E-state index contributed by atoms with van der Waals surface area (Å²) < 4.78 is 0. The highest BCUT2D eigenvalue weighted by atomic mass is 32.2. The summed E-state index contributed by atoms with van der Waals surface area (Å²) in [4.78, 5) is 0. The van der Waals surface area contributed by atoms with Crippen molar-refractivity contribution in [3.8, 4) is 0 Å². The van der Waals surface area contributed by atoms with Crippen LogP contribution in [0.25, 0.3) is 0 Å². The van der Waals surface area contributed by atoms with E-state index in [1.807, 2.05) is 0 Å². The van der Waals surface area contributed by atoms with Gasteiger partial charge < -0.3 is 0 Å². The summed E-state index contributed by atoms with van der Waals surface area (Å²) in [7, 11) is 0. The van der Waals surface area contributed by atoms with Crippen molar-refractivity contribution in [2.45, 2.75) is 36.2 Å². The molecule has 0 amide bonds. The first-order valence-corrected chi connectivity index (χ1v) is 7.08. The lowest BCUT2D eigenvalue weighted by molar-refractivity contribution is 0.389. The smallest absolute Gasteiger partial charge is 0.105 e. The molecule has 0 N–H and O–H groups in total. The molecule has 11 heavy (non-hydrogen) atoms. The van der Waals surface area contributed by atoms with E-state index < -0.39 is 0 Å². The van der Waals surface area contributed by atoms with Crippen molar-refractivity contribution in [3.63, 3.8) is 0 Å². The summed E-state index contributed by atoms with van der Waals surface area (Å²) in [6, 6.07) is 0. The average molecular weight is 189 g/mol. The molecule has 3 atom stereocenters. The Hall–Kier alpha value is 0.700. The third-order valence-electron chi connectivity index (χ3n) is 2.87. The number of thioether (sulfide) groups is 1. The van der Waals surface area contributed by atoms with Gasteiger partial charge in [-0.25, -0.2) is 0 Å². The SMILES string of the molecule is C[SH+]CCC1CCC2SC2C1. The fraction of sp³-hybridized carbons (Fsp3) is 1.00. The Morgan fingerprint density at radius 1 is 1.36 bits per heavy atom. The Morgan fingerprint density at radius 3 is 3.00 bits per heavy atom. The molecular weight excluding hydrogens is 172 g/mol. The molecule has 2 rings (SSSR count). The zero-order valence-corrected chi connectivity index (χ0v) is 8.83. The van der Waals surface area contributed by atoms with Crippen molar-refractivity contribution >= 4 is 23.5 Å². The van der Waals surface area contributed by atoms with Gasteiger partial charge >= 0.3 is 0 Å². The van der Waals surface area contributed by atoms with Gasteiger partial charge in [0.1, 0.15) is 5.75 Å². The van der Waals surface area contributed by atoms with Crippen molar-refractivity contribution in [2.24, 2.45) is 5.92 Å². The molecule has 3 unspecified atom stereocenters. The standard InChI is InChI=1S/C9H16S2/c1-10-5-4-7-2-3-8-9(6-7)11-8/h7-9H,2-6H2,1H3/p+1. The predicted molar refractivity (Wildman–Crippen MR) is 56.7 cm³/mol. The Labute approximate surface area is 77.9 Å². The monoisotopic (exact) mass is 189 g/mol. The van der Waals surface area contributed by atoms with Crippen LogP contribution < -0.4 is 0 Å². The van der Waals surface area contributed by atoms with Gasteiger partial charge in [0.25, 0.3) is 0 Å². The van der Waals surface area contributed by atoms with Crippen LogP contribution in [0, 0.1) is 5.92 Å². The van der Waals surface area contributed by atoms with Crippen LogP contribution in [0.3, 0.4) is 0 Å². The quantitative estimate of drug-likeness (QED) is 0.372. The van der Waals surface area contributed by atoms with Crippen molar-refractivity contribution < 1.29 is 0 Å². The number of fused-ring (bicyclic) bond motifs is 1. The second-order valence-corrected chi connectivity index (χ2v) is 6.28. The van der Waals surface area contributed by atoms with Gasteiger partial charge in [-0.3, -0.25) is 0 Å². The second-order valence-electron chi connectivity index (χ2n) is 3.72. The van der Waals surface area contributed by atoms with Gasteiger partial charge in [0.15, 0.2) is 0 Å². The van der Waals surface area contributed by atoms with Crippen molar-refractivity contribution in [1.29, 1.82) is 0 Å². The Kier molecular flexibility index (Phi) is 2.73. The molecule has 1 aliphatic heterocycles. The zero-order chi connectivity index (χ0) is 7.68. The first-order valence-electron chi connectivity index (χ1n) is 4.61. The van der Waals surface area contributed by atoms with Crippen molar-refractivity contribution in [3.05, 3.63) is 0 Å². The van der Waals surface area contributed by atoms with E-state index in [1.54, 1.807) is 18.2 Å². The third-order valence-corrected chi connectivity index (χ3v) is 5.05. The topological polar surface area (TPSA) is 0 Å². The minimum Gasteiger partial charge on any atom is -0.153 e. The molecule has 1 heterocycles. The number of hydrogen-bond donors (Lipinski definition) is 0. The first kappa shape index (κ1) is 8.31. The summed E-state index contributed by atoms with van der Waals surface area (Å²) in [5.41, 5.74) is 0. The number of rotatable bonds is 3.